The van der Waals surface area contributed by atoms with Crippen molar-refractivity contribution in [1.82, 2.24) is 10.9 Å². The van der Waals surface area contributed by atoms with Gasteiger partial charge in [-0.2, -0.15) is 0 Å². The van der Waals surface area contributed by atoms with Crippen molar-refractivity contribution in [3.8, 4) is 11.5 Å². The predicted octanol–water partition coefficient (Wildman–Crippen LogP) is 2.84. The van der Waals surface area contributed by atoms with Crippen LogP contribution in [-0.4, -0.2) is 25.0 Å². The Kier molecular flexibility index (Phi) is 7.42. The molecule has 2 aromatic rings. The average molecular weight is 360 g/mol. The minimum Gasteiger partial charge on any atom is -0.494 e. The first-order valence-electron chi connectivity index (χ1n) is 8.29. The molecule has 0 fully saturated rings. The molecule has 2 N–H and O–H groups in total. The Morgan fingerprint density at radius 1 is 0.962 bits per heavy atom. The quantitative estimate of drug-likeness (QED) is 0.561. The number of nitrogens with one attached hydrogen (secondary N) is 2. The average Bonchev–Trinajstić information content (AvgIpc) is 2.65. The fourth-order valence-corrected chi connectivity index (χ4v) is 2.12. The standard InChI is InChI=1S/C19H21FN2O4/c1-2-25-14-9-11-15(12-10-14)26-13-5-8-18(23)21-22-19(24)16-6-3-4-7-17(16)20/h3-4,6-7,9-12H,2,5,8,13H2,1H3,(H,21,23)(H,22,24). The van der Waals surface area contributed by atoms with Gasteiger partial charge in [0.2, 0.25) is 5.91 Å². The largest absolute Gasteiger partial charge is 0.494 e. The number of hydrogen-bond donors (Lipinski definition) is 2. The van der Waals surface area contributed by atoms with Crippen LogP contribution >= 0.6 is 0 Å². The van der Waals surface area contributed by atoms with E-state index in [0.717, 1.165) is 5.75 Å². The number of hydrogen-bond acceptors (Lipinski definition) is 4. The SMILES string of the molecule is CCOc1ccc(OCCCC(=O)NNC(=O)c2ccccc2F)cc1. The van der Waals surface area contributed by atoms with Crippen molar-refractivity contribution in [2.24, 2.45) is 0 Å². The van der Waals surface area contributed by atoms with Gasteiger partial charge in [-0.15, -0.1) is 0 Å². The topological polar surface area (TPSA) is 76.7 Å². The first-order valence-corrected chi connectivity index (χ1v) is 8.29. The summed E-state index contributed by atoms with van der Waals surface area (Å²) in [6.07, 6.45) is 0.628. The molecule has 7 heteroatoms. The van der Waals surface area contributed by atoms with E-state index in [9.17, 15) is 14.0 Å². The zero-order valence-corrected chi connectivity index (χ0v) is 14.5. The van der Waals surface area contributed by atoms with Crippen LogP contribution in [0.15, 0.2) is 48.5 Å². The molecule has 2 rings (SSSR count). The normalized spacial score (nSPS) is 10.1. The van der Waals surface area contributed by atoms with E-state index in [1.807, 2.05) is 19.1 Å². The number of ether oxygens (including phenoxy) is 2. The molecule has 0 aliphatic carbocycles. The van der Waals surface area contributed by atoms with Gasteiger partial charge in [-0.25, -0.2) is 4.39 Å². The molecular formula is C19H21FN2O4. The van der Waals surface area contributed by atoms with Gasteiger partial charge in [0.1, 0.15) is 17.3 Å². The van der Waals surface area contributed by atoms with Crippen molar-refractivity contribution in [2.75, 3.05) is 13.2 Å². The monoisotopic (exact) mass is 360 g/mol. The number of carbonyl (C=O) groups excluding carboxylic acids is 2. The highest BCUT2D eigenvalue weighted by Crippen LogP contribution is 2.17. The lowest BCUT2D eigenvalue weighted by Gasteiger charge is -2.09. The molecule has 0 bridgehead atoms. The number of amides is 2. The van der Waals surface area contributed by atoms with Crippen LogP contribution in [0.2, 0.25) is 0 Å². The first-order chi connectivity index (χ1) is 12.6. The Morgan fingerprint density at radius 2 is 1.62 bits per heavy atom. The summed E-state index contributed by atoms with van der Waals surface area (Å²) < 4.78 is 24.3. The maximum Gasteiger partial charge on any atom is 0.272 e. The number of benzene rings is 2. The summed E-state index contributed by atoms with van der Waals surface area (Å²) in [6.45, 7) is 2.86. The van der Waals surface area contributed by atoms with E-state index in [2.05, 4.69) is 10.9 Å². The lowest BCUT2D eigenvalue weighted by atomic mass is 10.2. The van der Waals surface area contributed by atoms with Gasteiger partial charge < -0.3 is 9.47 Å². The summed E-state index contributed by atoms with van der Waals surface area (Å²) in [5, 5.41) is 0. The van der Waals surface area contributed by atoms with Gasteiger partial charge in [0.05, 0.1) is 18.8 Å². The van der Waals surface area contributed by atoms with Gasteiger partial charge in [-0.05, 0) is 49.7 Å². The molecule has 0 saturated carbocycles. The number of carbonyl (C=O) groups is 2. The fourth-order valence-electron chi connectivity index (χ4n) is 2.12. The molecule has 0 radical (unpaired) electrons. The van der Waals surface area contributed by atoms with Crippen LogP contribution in [0, 0.1) is 5.82 Å². The summed E-state index contributed by atoms with van der Waals surface area (Å²) in [5.74, 6) is -0.290. The minimum absolute atomic E-state index is 0.133. The summed E-state index contributed by atoms with van der Waals surface area (Å²) in [6, 6.07) is 12.7. The van der Waals surface area contributed by atoms with Crippen molar-refractivity contribution < 1.29 is 23.5 Å². The first kappa shape index (κ1) is 19.2. The molecule has 0 atom stereocenters. The van der Waals surface area contributed by atoms with Crippen LogP contribution in [0.5, 0.6) is 11.5 Å². The van der Waals surface area contributed by atoms with E-state index in [1.165, 1.54) is 24.3 Å². The van der Waals surface area contributed by atoms with E-state index in [4.69, 9.17) is 9.47 Å². The molecule has 2 amide bonds. The molecule has 138 valence electrons. The van der Waals surface area contributed by atoms with Crippen molar-refractivity contribution in [3.05, 3.63) is 59.9 Å². The summed E-state index contributed by atoms with van der Waals surface area (Å²) in [4.78, 5) is 23.5. The second-order valence-corrected chi connectivity index (χ2v) is 5.34. The summed E-state index contributed by atoms with van der Waals surface area (Å²) >= 11 is 0. The Labute approximate surface area is 151 Å². The van der Waals surface area contributed by atoms with Gasteiger partial charge in [0, 0.05) is 6.42 Å². The molecular weight excluding hydrogens is 339 g/mol. The third kappa shape index (κ3) is 6.08. The molecule has 2 aromatic carbocycles. The fraction of sp³-hybridized carbons (Fsp3) is 0.263. The molecule has 0 aromatic heterocycles. The summed E-state index contributed by atoms with van der Waals surface area (Å²) in [5.41, 5.74) is 4.30. The van der Waals surface area contributed by atoms with Crippen molar-refractivity contribution in [1.29, 1.82) is 0 Å². The molecule has 0 aliphatic rings. The lowest BCUT2D eigenvalue weighted by Crippen LogP contribution is -2.41. The van der Waals surface area contributed by atoms with Gasteiger partial charge in [-0.3, -0.25) is 20.4 Å². The van der Waals surface area contributed by atoms with Gasteiger partial charge in [0.25, 0.3) is 5.91 Å². The smallest absolute Gasteiger partial charge is 0.272 e. The molecule has 0 aliphatic heterocycles. The van der Waals surface area contributed by atoms with Crippen LogP contribution in [0.3, 0.4) is 0 Å². The highest BCUT2D eigenvalue weighted by molar-refractivity contribution is 5.95. The Hall–Kier alpha value is -3.09. The third-order valence-electron chi connectivity index (χ3n) is 3.39. The zero-order valence-electron chi connectivity index (χ0n) is 14.5. The van der Waals surface area contributed by atoms with Gasteiger partial charge in [-0.1, -0.05) is 12.1 Å². The highest BCUT2D eigenvalue weighted by atomic mass is 19.1. The second-order valence-electron chi connectivity index (χ2n) is 5.34. The number of halogens is 1. The van der Waals surface area contributed by atoms with Crippen molar-refractivity contribution in [3.63, 3.8) is 0 Å². The molecule has 0 spiro atoms. The van der Waals surface area contributed by atoms with Crippen LogP contribution in [0.1, 0.15) is 30.1 Å². The Balaban J connectivity index is 1.64. The third-order valence-corrected chi connectivity index (χ3v) is 3.39. The predicted molar refractivity (Wildman–Crippen MR) is 94.3 cm³/mol. The van der Waals surface area contributed by atoms with E-state index < -0.39 is 11.7 Å². The van der Waals surface area contributed by atoms with E-state index >= 15 is 0 Å². The molecule has 6 nitrogen and oxygen atoms in total. The molecule has 0 saturated heterocycles. The van der Waals surface area contributed by atoms with Crippen LogP contribution in [0.4, 0.5) is 4.39 Å². The maximum atomic E-state index is 13.4. The Bertz CT molecular complexity index is 735. The maximum absolute atomic E-state index is 13.4. The van der Waals surface area contributed by atoms with Crippen molar-refractivity contribution in [2.45, 2.75) is 19.8 Å². The number of rotatable bonds is 8. The van der Waals surface area contributed by atoms with Crippen LogP contribution in [0.25, 0.3) is 0 Å². The van der Waals surface area contributed by atoms with Crippen LogP contribution in [-0.2, 0) is 4.79 Å². The minimum atomic E-state index is -0.706. The number of hydrazine groups is 1. The van der Waals surface area contributed by atoms with Crippen molar-refractivity contribution >= 4 is 11.8 Å². The molecule has 26 heavy (non-hydrogen) atoms. The molecule has 0 unspecified atom stereocenters. The highest BCUT2D eigenvalue weighted by Gasteiger charge is 2.11. The molecule has 0 heterocycles. The van der Waals surface area contributed by atoms with Gasteiger partial charge >= 0.3 is 0 Å². The van der Waals surface area contributed by atoms with E-state index in [1.54, 1.807) is 12.1 Å². The Morgan fingerprint density at radius 3 is 2.27 bits per heavy atom. The van der Waals surface area contributed by atoms with E-state index in [0.29, 0.717) is 25.4 Å². The zero-order chi connectivity index (χ0) is 18.8. The van der Waals surface area contributed by atoms with Gasteiger partial charge in [0.15, 0.2) is 0 Å². The lowest BCUT2D eigenvalue weighted by molar-refractivity contribution is -0.122. The van der Waals surface area contributed by atoms with E-state index in [-0.39, 0.29) is 17.9 Å². The van der Waals surface area contributed by atoms with Crippen LogP contribution < -0.4 is 20.3 Å². The summed E-state index contributed by atoms with van der Waals surface area (Å²) in [7, 11) is 0. The second kappa shape index (κ2) is 10.0.